The summed E-state index contributed by atoms with van der Waals surface area (Å²) in [7, 11) is 0. The van der Waals surface area contributed by atoms with Crippen LogP contribution in [0.25, 0.3) is 0 Å². The lowest BCUT2D eigenvalue weighted by molar-refractivity contribution is -0.125. The first kappa shape index (κ1) is 9.45. The molecule has 1 N–H and O–H groups in total. The van der Waals surface area contributed by atoms with Gasteiger partial charge in [0.1, 0.15) is 0 Å². The lowest BCUT2D eigenvalue weighted by Gasteiger charge is -2.25. The number of hydrogen-bond acceptors (Lipinski definition) is 3. The van der Waals surface area contributed by atoms with Crippen LogP contribution in [0.2, 0.25) is 0 Å². The van der Waals surface area contributed by atoms with Crippen LogP contribution in [0, 0.1) is 5.92 Å². The van der Waals surface area contributed by atoms with Crippen LogP contribution in [-0.2, 0) is 9.53 Å². The Labute approximate surface area is 82.4 Å². The number of hydrogen-bond donors (Lipinski definition) is 1. The van der Waals surface area contributed by atoms with Gasteiger partial charge in [-0.25, -0.2) is 4.79 Å². The van der Waals surface area contributed by atoms with Crippen LogP contribution >= 0.6 is 0 Å². The van der Waals surface area contributed by atoms with Gasteiger partial charge in [-0.05, 0) is 18.8 Å². The van der Waals surface area contributed by atoms with Crippen LogP contribution < -0.4 is 5.32 Å². The highest BCUT2D eigenvalue weighted by Crippen LogP contribution is 2.17. The average Bonchev–Trinajstić information content (AvgIpc) is 2.51. The van der Waals surface area contributed by atoms with Crippen LogP contribution in [0.1, 0.15) is 12.8 Å². The highest BCUT2D eigenvalue weighted by atomic mass is 16.5. The summed E-state index contributed by atoms with van der Waals surface area (Å²) in [6.07, 6.45) is 1.88. The topological polar surface area (TPSA) is 58.6 Å². The van der Waals surface area contributed by atoms with Crippen molar-refractivity contribution < 1.29 is 14.3 Å². The molecule has 14 heavy (non-hydrogen) atoms. The molecule has 0 aromatic heterocycles. The van der Waals surface area contributed by atoms with Crippen molar-refractivity contribution in [2.24, 2.45) is 5.92 Å². The summed E-state index contributed by atoms with van der Waals surface area (Å²) in [5.41, 5.74) is 0. The second-order valence-corrected chi connectivity index (χ2v) is 3.72. The smallest absolute Gasteiger partial charge is 0.324 e. The fourth-order valence-electron chi connectivity index (χ4n) is 1.83. The molecular formula is C9H14N2O3. The van der Waals surface area contributed by atoms with Crippen molar-refractivity contribution in [1.82, 2.24) is 10.2 Å². The Balaban J connectivity index is 1.89. The van der Waals surface area contributed by atoms with E-state index in [0.717, 1.165) is 26.1 Å². The number of urea groups is 1. The van der Waals surface area contributed by atoms with E-state index in [4.69, 9.17) is 4.74 Å². The number of rotatable bonds is 2. The minimum absolute atomic E-state index is 0.110. The molecule has 5 nitrogen and oxygen atoms in total. The van der Waals surface area contributed by atoms with Gasteiger partial charge >= 0.3 is 6.03 Å². The van der Waals surface area contributed by atoms with E-state index in [1.165, 1.54) is 4.90 Å². The highest BCUT2D eigenvalue weighted by molar-refractivity contribution is 6.01. The SMILES string of the molecule is O=C1CNC(=O)N1CC1CCOCC1. The van der Waals surface area contributed by atoms with Crippen LogP contribution in [0.5, 0.6) is 0 Å². The zero-order valence-corrected chi connectivity index (χ0v) is 7.99. The van der Waals surface area contributed by atoms with Gasteiger partial charge in [0.15, 0.2) is 0 Å². The summed E-state index contributed by atoms with van der Waals surface area (Å²) in [6, 6.07) is -0.249. The highest BCUT2D eigenvalue weighted by Gasteiger charge is 2.30. The fraction of sp³-hybridized carbons (Fsp3) is 0.778. The second kappa shape index (κ2) is 3.96. The number of carbonyl (C=O) groups is 2. The summed E-state index contributed by atoms with van der Waals surface area (Å²) < 4.78 is 5.21. The maximum Gasteiger partial charge on any atom is 0.324 e. The summed E-state index contributed by atoms with van der Waals surface area (Å²) in [5.74, 6) is 0.304. The Bertz CT molecular complexity index is 232. The van der Waals surface area contributed by atoms with E-state index < -0.39 is 0 Å². The van der Waals surface area contributed by atoms with Crippen LogP contribution in [0.15, 0.2) is 0 Å². The molecular weight excluding hydrogens is 184 g/mol. The monoisotopic (exact) mass is 198 g/mol. The molecule has 2 fully saturated rings. The van der Waals surface area contributed by atoms with Crippen molar-refractivity contribution in [3.63, 3.8) is 0 Å². The lowest BCUT2D eigenvalue weighted by Crippen LogP contribution is -2.37. The van der Waals surface area contributed by atoms with Crippen molar-refractivity contribution in [3.8, 4) is 0 Å². The number of carbonyl (C=O) groups excluding carboxylic acids is 2. The second-order valence-electron chi connectivity index (χ2n) is 3.72. The van der Waals surface area contributed by atoms with Crippen molar-refractivity contribution in [1.29, 1.82) is 0 Å². The van der Waals surface area contributed by atoms with E-state index in [2.05, 4.69) is 5.32 Å². The van der Waals surface area contributed by atoms with Crippen LogP contribution in [0.4, 0.5) is 4.79 Å². The molecule has 2 aliphatic rings. The first-order chi connectivity index (χ1) is 6.77. The number of ether oxygens (including phenoxy) is 1. The molecule has 0 saturated carbocycles. The van der Waals surface area contributed by atoms with E-state index in [0.29, 0.717) is 12.5 Å². The molecule has 2 heterocycles. The lowest BCUT2D eigenvalue weighted by atomic mass is 10.00. The predicted octanol–water partition coefficient (Wildman–Crippen LogP) is -0.0352. The summed E-state index contributed by atoms with van der Waals surface area (Å²) in [6.45, 7) is 2.19. The Morgan fingerprint density at radius 1 is 1.36 bits per heavy atom. The van der Waals surface area contributed by atoms with Gasteiger partial charge in [-0.1, -0.05) is 0 Å². The quantitative estimate of drug-likeness (QED) is 0.634. The van der Waals surface area contributed by atoms with E-state index in [1.807, 2.05) is 0 Å². The van der Waals surface area contributed by atoms with Crippen LogP contribution in [-0.4, -0.2) is 43.1 Å². The first-order valence-corrected chi connectivity index (χ1v) is 4.93. The molecule has 0 bridgehead atoms. The molecule has 0 aromatic rings. The minimum Gasteiger partial charge on any atom is -0.381 e. The van der Waals surface area contributed by atoms with Crippen molar-refractivity contribution in [2.45, 2.75) is 12.8 Å². The van der Waals surface area contributed by atoms with Crippen molar-refractivity contribution in [3.05, 3.63) is 0 Å². The van der Waals surface area contributed by atoms with Gasteiger partial charge < -0.3 is 10.1 Å². The van der Waals surface area contributed by atoms with E-state index >= 15 is 0 Å². The molecule has 0 spiro atoms. The van der Waals surface area contributed by atoms with E-state index in [1.54, 1.807) is 0 Å². The zero-order valence-electron chi connectivity index (χ0n) is 7.99. The largest absolute Gasteiger partial charge is 0.381 e. The number of imide groups is 1. The number of nitrogens with one attached hydrogen (secondary N) is 1. The van der Waals surface area contributed by atoms with Crippen molar-refractivity contribution >= 4 is 11.9 Å². The average molecular weight is 198 g/mol. The Hall–Kier alpha value is -1.10. The molecule has 0 unspecified atom stereocenters. The van der Waals surface area contributed by atoms with Gasteiger partial charge in [0.05, 0.1) is 6.54 Å². The summed E-state index contributed by atoms with van der Waals surface area (Å²) in [4.78, 5) is 23.8. The third-order valence-electron chi connectivity index (χ3n) is 2.72. The van der Waals surface area contributed by atoms with Gasteiger partial charge in [0.25, 0.3) is 0 Å². The zero-order chi connectivity index (χ0) is 9.97. The Kier molecular flexibility index (Phi) is 2.67. The van der Waals surface area contributed by atoms with Crippen molar-refractivity contribution in [2.75, 3.05) is 26.3 Å². The first-order valence-electron chi connectivity index (χ1n) is 4.93. The van der Waals surface area contributed by atoms with Gasteiger partial charge in [-0.3, -0.25) is 9.69 Å². The molecule has 78 valence electrons. The Morgan fingerprint density at radius 2 is 2.07 bits per heavy atom. The molecule has 2 aliphatic heterocycles. The standard InChI is InChI=1S/C9H14N2O3/c12-8-5-10-9(13)11(8)6-7-1-3-14-4-2-7/h7H,1-6H2,(H,10,13). The molecule has 2 saturated heterocycles. The maximum atomic E-state index is 11.3. The van der Waals surface area contributed by atoms with Gasteiger partial charge in [0, 0.05) is 19.8 Å². The van der Waals surface area contributed by atoms with E-state index in [-0.39, 0.29) is 18.5 Å². The normalized spacial score (nSPS) is 24.1. The Morgan fingerprint density at radius 3 is 2.64 bits per heavy atom. The molecule has 5 heteroatoms. The van der Waals surface area contributed by atoms with Gasteiger partial charge in [-0.2, -0.15) is 0 Å². The summed E-state index contributed by atoms with van der Waals surface area (Å²) in [5, 5.41) is 2.52. The minimum atomic E-state index is -0.249. The molecule has 0 radical (unpaired) electrons. The third-order valence-corrected chi connectivity index (χ3v) is 2.72. The molecule has 3 amide bonds. The molecule has 2 rings (SSSR count). The summed E-state index contributed by atoms with van der Waals surface area (Å²) >= 11 is 0. The molecule has 0 atom stereocenters. The third kappa shape index (κ3) is 1.87. The maximum absolute atomic E-state index is 11.3. The van der Waals surface area contributed by atoms with Gasteiger partial charge in [-0.15, -0.1) is 0 Å². The molecule has 0 aliphatic carbocycles. The molecule has 0 aromatic carbocycles. The number of amides is 3. The number of nitrogens with zero attached hydrogens (tertiary/aromatic N) is 1. The van der Waals surface area contributed by atoms with Crippen LogP contribution in [0.3, 0.4) is 0 Å². The fourth-order valence-corrected chi connectivity index (χ4v) is 1.83. The van der Waals surface area contributed by atoms with Gasteiger partial charge in [0.2, 0.25) is 5.91 Å². The van der Waals surface area contributed by atoms with E-state index in [9.17, 15) is 9.59 Å². The predicted molar refractivity (Wildman–Crippen MR) is 48.7 cm³/mol.